The maximum Gasteiger partial charge on any atom is 0.209 e. The Bertz CT molecular complexity index is 586. The molecule has 2 aromatic rings. The van der Waals surface area contributed by atoms with Crippen LogP contribution in [0.5, 0.6) is 0 Å². The predicted molar refractivity (Wildman–Crippen MR) is 84.3 cm³/mol. The van der Waals surface area contributed by atoms with E-state index in [9.17, 15) is 0 Å². The number of piperazine rings is 1. The van der Waals surface area contributed by atoms with E-state index in [2.05, 4.69) is 29.0 Å². The molecule has 2 unspecified atom stereocenters. The van der Waals surface area contributed by atoms with Crippen molar-refractivity contribution < 1.29 is 4.42 Å². The summed E-state index contributed by atoms with van der Waals surface area (Å²) in [6, 6.07) is 8.61. The number of oxazole rings is 1. The number of benzene rings is 1. The van der Waals surface area contributed by atoms with Gasteiger partial charge in [-0.25, -0.2) is 4.98 Å². The second-order valence-corrected chi connectivity index (χ2v) is 6.22. The molecule has 1 saturated heterocycles. The lowest BCUT2D eigenvalue weighted by atomic mass is 10.1. The zero-order valence-electron chi connectivity index (χ0n) is 12.3. The smallest absolute Gasteiger partial charge is 0.209 e. The molecule has 3 rings (SSSR count). The molecule has 5 heteroatoms. The monoisotopic (exact) mass is 305 g/mol. The molecule has 1 fully saturated rings. The van der Waals surface area contributed by atoms with Crippen molar-refractivity contribution in [3.05, 3.63) is 41.4 Å². The zero-order valence-corrected chi connectivity index (χ0v) is 13.1. The molecule has 21 heavy (non-hydrogen) atoms. The van der Waals surface area contributed by atoms with E-state index in [-0.39, 0.29) is 0 Å². The molecular weight excluding hydrogens is 286 g/mol. The molecule has 1 aromatic heterocycles. The van der Waals surface area contributed by atoms with Gasteiger partial charge in [-0.15, -0.1) is 0 Å². The molecule has 0 saturated carbocycles. The van der Waals surface area contributed by atoms with E-state index in [4.69, 9.17) is 16.0 Å². The van der Waals surface area contributed by atoms with E-state index >= 15 is 0 Å². The molecule has 112 valence electrons. The van der Waals surface area contributed by atoms with Gasteiger partial charge in [0.1, 0.15) is 0 Å². The number of rotatable bonds is 3. The van der Waals surface area contributed by atoms with Crippen molar-refractivity contribution in [1.29, 1.82) is 0 Å². The van der Waals surface area contributed by atoms with Gasteiger partial charge in [0, 0.05) is 35.8 Å². The number of hydrogen-bond acceptors (Lipinski definition) is 4. The van der Waals surface area contributed by atoms with Gasteiger partial charge in [0.2, 0.25) is 5.89 Å². The molecular formula is C16H20ClN3O. The van der Waals surface area contributed by atoms with E-state index in [0.29, 0.717) is 12.1 Å². The van der Waals surface area contributed by atoms with Crippen molar-refractivity contribution in [3.8, 4) is 11.3 Å². The molecule has 0 bridgehead atoms. The molecule has 4 nitrogen and oxygen atoms in total. The molecule has 2 heterocycles. The highest BCUT2D eigenvalue weighted by Gasteiger charge is 2.22. The minimum Gasteiger partial charge on any atom is -0.439 e. The maximum absolute atomic E-state index is 5.90. The Hall–Kier alpha value is -1.36. The van der Waals surface area contributed by atoms with Crippen molar-refractivity contribution >= 4 is 11.6 Å². The van der Waals surface area contributed by atoms with Crippen LogP contribution >= 0.6 is 11.6 Å². The second-order valence-electron chi connectivity index (χ2n) is 5.79. The summed E-state index contributed by atoms with van der Waals surface area (Å²) in [6.07, 6.45) is 1.79. The van der Waals surface area contributed by atoms with Gasteiger partial charge in [0.15, 0.2) is 5.76 Å². The molecule has 0 amide bonds. The molecule has 1 aliphatic rings. The highest BCUT2D eigenvalue weighted by atomic mass is 35.5. The number of aromatic nitrogens is 1. The van der Waals surface area contributed by atoms with Gasteiger partial charge in [0.25, 0.3) is 0 Å². The highest BCUT2D eigenvalue weighted by Crippen LogP contribution is 2.23. The van der Waals surface area contributed by atoms with Gasteiger partial charge in [-0.3, -0.25) is 4.90 Å². The third-order valence-electron chi connectivity index (χ3n) is 3.67. The number of hydrogen-bond donors (Lipinski definition) is 1. The van der Waals surface area contributed by atoms with Gasteiger partial charge < -0.3 is 9.73 Å². The van der Waals surface area contributed by atoms with Gasteiger partial charge >= 0.3 is 0 Å². The average Bonchev–Trinajstić information content (AvgIpc) is 2.87. The Morgan fingerprint density at radius 1 is 1.24 bits per heavy atom. The minimum absolute atomic E-state index is 0.499. The van der Waals surface area contributed by atoms with Crippen LogP contribution in [-0.4, -0.2) is 35.1 Å². The summed E-state index contributed by atoms with van der Waals surface area (Å²) in [7, 11) is 0. The van der Waals surface area contributed by atoms with E-state index < -0.39 is 0 Å². The summed E-state index contributed by atoms with van der Waals surface area (Å²) in [6.45, 7) is 7.20. The predicted octanol–water partition coefficient (Wildman–Crippen LogP) is 3.18. The van der Waals surface area contributed by atoms with Crippen molar-refractivity contribution in [1.82, 2.24) is 15.2 Å². The molecule has 0 spiro atoms. The Labute approximate surface area is 130 Å². The summed E-state index contributed by atoms with van der Waals surface area (Å²) in [5, 5.41) is 4.25. The second kappa shape index (κ2) is 6.18. The van der Waals surface area contributed by atoms with Crippen LogP contribution in [0.4, 0.5) is 0 Å². The Balaban J connectivity index is 1.69. The van der Waals surface area contributed by atoms with Crippen LogP contribution in [0, 0.1) is 0 Å². The molecule has 0 radical (unpaired) electrons. The van der Waals surface area contributed by atoms with E-state index in [1.165, 1.54) is 0 Å². The van der Waals surface area contributed by atoms with Crippen LogP contribution in [0.25, 0.3) is 11.3 Å². The van der Waals surface area contributed by atoms with Crippen molar-refractivity contribution in [2.45, 2.75) is 32.5 Å². The molecule has 1 aromatic carbocycles. The normalized spacial score (nSPS) is 23.4. The summed E-state index contributed by atoms with van der Waals surface area (Å²) in [4.78, 5) is 6.78. The van der Waals surface area contributed by atoms with Crippen LogP contribution in [0.15, 0.2) is 34.9 Å². The Morgan fingerprint density at radius 2 is 1.90 bits per heavy atom. The Kier molecular flexibility index (Phi) is 4.29. The fourth-order valence-corrected chi connectivity index (χ4v) is 3.02. The average molecular weight is 306 g/mol. The quantitative estimate of drug-likeness (QED) is 0.945. The van der Waals surface area contributed by atoms with Crippen LogP contribution in [0.1, 0.15) is 19.7 Å². The van der Waals surface area contributed by atoms with Crippen LogP contribution in [-0.2, 0) is 6.54 Å². The van der Waals surface area contributed by atoms with Gasteiger partial charge in [-0.2, -0.15) is 0 Å². The summed E-state index contributed by atoms with van der Waals surface area (Å²) >= 11 is 5.90. The highest BCUT2D eigenvalue weighted by molar-refractivity contribution is 6.30. The summed E-state index contributed by atoms with van der Waals surface area (Å²) < 4.78 is 5.87. The SMILES string of the molecule is CC1CN(Cc2ncc(-c3ccc(Cl)cc3)o2)CC(C)N1. The van der Waals surface area contributed by atoms with Gasteiger partial charge in [-0.05, 0) is 38.1 Å². The summed E-state index contributed by atoms with van der Waals surface area (Å²) in [5.74, 6) is 1.55. The van der Waals surface area contributed by atoms with Crippen molar-refractivity contribution in [3.63, 3.8) is 0 Å². The number of halogens is 1. The van der Waals surface area contributed by atoms with E-state index in [1.54, 1.807) is 6.20 Å². The molecule has 0 aliphatic carbocycles. The first-order chi connectivity index (χ1) is 10.1. The molecule has 1 aliphatic heterocycles. The topological polar surface area (TPSA) is 41.3 Å². The third kappa shape index (κ3) is 3.64. The van der Waals surface area contributed by atoms with Gasteiger partial charge in [0.05, 0.1) is 12.7 Å². The first-order valence-electron chi connectivity index (χ1n) is 7.29. The summed E-state index contributed by atoms with van der Waals surface area (Å²) in [5.41, 5.74) is 1.00. The van der Waals surface area contributed by atoms with Crippen molar-refractivity contribution in [2.75, 3.05) is 13.1 Å². The maximum atomic E-state index is 5.90. The van der Waals surface area contributed by atoms with Crippen LogP contribution < -0.4 is 5.32 Å². The fraction of sp³-hybridized carbons (Fsp3) is 0.438. The lowest BCUT2D eigenvalue weighted by Crippen LogP contribution is -2.53. The van der Waals surface area contributed by atoms with E-state index in [1.807, 2.05) is 24.3 Å². The van der Waals surface area contributed by atoms with Gasteiger partial charge in [-0.1, -0.05) is 11.6 Å². The largest absolute Gasteiger partial charge is 0.439 e. The van der Waals surface area contributed by atoms with E-state index in [0.717, 1.165) is 41.9 Å². The fourth-order valence-electron chi connectivity index (χ4n) is 2.89. The van der Waals surface area contributed by atoms with Crippen LogP contribution in [0.3, 0.4) is 0 Å². The lowest BCUT2D eigenvalue weighted by molar-refractivity contribution is 0.154. The number of nitrogens with zero attached hydrogens (tertiary/aromatic N) is 2. The standard InChI is InChI=1S/C16H20ClN3O/c1-11-8-20(9-12(2)19-11)10-16-18-7-15(21-16)13-3-5-14(17)6-4-13/h3-7,11-12,19H,8-10H2,1-2H3. The van der Waals surface area contributed by atoms with Crippen LogP contribution in [0.2, 0.25) is 5.02 Å². The third-order valence-corrected chi connectivity index (χ3v) is 3.93. The minimum atomic E-state index is 0.499. The zero-order chi connectivity index (χ0) is 14.8. The Morgan fingerprint density at radius 3 is 2.57 bits per heavy atom. The molecule has 1 N–H and O–H groups in total. The van der Waals surface area contributed by atoms with Crippen molar-refractivity contribution in [2.24, 2.45) is 0 Å². The number of nitrogens with one attached hydrogen (secondary N) is 1. The molecule has 2 atom stereocenters. The first-order valence-corrected chi connectivity index (χ1v) is 7.67. The lowest BCUT2D eigenvalue weighted by Gasteiger charge is -2.35. The first kappa shape index (κ1) is 14.6.